The molecule has 4 rings (SSSR count). The van der Waals surface area contributed by atoms with Gasteiger partial charge in [0.15, 0.2) is 0 Å². The summed E-state index contributed by atoms with van der Waals surface area (Å²) < 4.78 is 31.0. The maximum Gasteiger partial charge on any atom is 0.206 e. The molecule has 0 radical (unpaired) electrons. The summed E-state index contributed by atoms with van der Waals surface area (Å²) in [5.74, 6) is 1.47. The van der Waals surface area contributed by atoms with E-state index in [-0.39, 0.29) is 9.79 Å². The number of rotatable bonds is 6. The highest BCUT2D eigenvalue weighted by atomic mass is 32.2. The van der Waals surface area contributed by atoms with Crippen molar-refractivity contribution in [2.75, 3.05) is 0 Å². The van der Waals surface area contributed by atoms with Crippen molar-refractivity contribution in [2.45, 2.75) is 16.4 Å². The van der Waals surface area contributed by atoms with Crippen molar-refractivity contribution in [1.29, 1.82) is 0 Å². The number of sulfone groups is 1. The zero-order valence-corrected chi connectivity index (χ0v) is 15.8. The van der Waals surface area contributed by atoms with Gasteiger partial charge in [-0.25, -0.2) is 13.4 Å². The van der Waals surface area contributed by atoms with Crippen LogP contribution < -0.4 is 4.74 Å². The second-order valence-corrected chi connectivity index (χ2v) is 8.12. The summed E-state index contributed by atoms with van der Waals surface area (Å²) in [4.78, 5) is 8.14. The summed E-state index contributed by atoms with van der Waals surface area (Å²) in [6.07, 6.45) is 1.78. The van der Waals surface area contributed by atoms with Gasteiger partial charge in [-0.05, 0) is 36.4 Å². The lowest BCUT2D eigenvalue weighted by molar-refractivity contribution is 0.297. The molecule has 0 amide bonds. The van der Waals surface area contributed by atoms with Crippen molar-refractivity contribution in [3.63, 3.8) is 0 Å². The first-order valence-electron chi connectivity index (χ1n) is 8.76. The van der Waals surface area contributed by atoms with Gasteiger partial charge in [0.25, 0.3) is 0 Å². The van der Waals surface area contributed by atoms with Crippen molar-refractivity contribution < 1.29 is 13.2 Å². The SMILES string of the molecule is O=S(=O)(c1ccccc1)c1ccc(-c2c[nH]c(COc3ccccc3)n2)cc1. The van der Waals surface area contributed by atoms with E-state index in [9.17, 15) is 8.42 Å². The third-order valence-electron chi connectivity index (χ3n) is 4.26. The second kappa shape index (κ2) is 7.70. The molecule has 0 saturated carbocycles. The maximum atomic E-state index is 12.7. The number of imidazole rings is 1. The molecule has 1 aromatic heterocycles. The fraction of sp³-hybridized carbons (Fsp3) is 0.0455. The van der Waals surface area contributed by atoms with Gasteiger partial charge in [-0.2, -0.15) is 0 Å². The van der Waals surface area contributed by atoms with E-state index in [1.807, 2.05) is 30.3 Å². The van der Waals surface area contributed by atoms with Crippen LogP contribution >= 0.6 is 0 Å². The van der Waals surface area contributed by atoms with Crippen molar-refractivity contribution in [2.24, 2.45) is 0 Å². The van der Waals surface area contributed by atoms with Gasteiger partial charge in [0, 0.05) is 11.8 Å². The van der Waals surface area contributed by atoms with E-state index in [0.717, 1.165) is 17.0 Å². The van der Waals surface area contributed by atoms with Gasteiger partial charge in [-0.3, -0.25) is 0 Å². The standard InChI is InChI=1S/C22H18N2O3S/c25-28(26,19-9-5-2-6-10-19)20-13-11-17(12-14-20)21-15-23-22(24-21)16-27-18-7-3-1-4-8-18/h1-15H,16H2,(H,23,24). The van der Waals surface area contributed by atoms with Gasteiger partial charge in [0.05, 0.1) is 15.5 Å². The minimum atomic E-state index is -3.52. The molecular formula is C22H18N2O3S. The van der Waals surface area contributed by atoms with Crippen LogP contribution in [0.25, 0.3) is 11.3 Å². The second-order valence-electron chi connectivity index (χ2n) is 6.18. The first-order chi connectivity index (χ1) is 13.6. The average Bonchev–Trinajstić information content (AvgIpc) is 3.23. The fourth-order valence-electron chi connectivity index (χ4n) is 2.79. The highest BCUT2D eigenvalue weighted by molar-refractivity contribution is 7.91. The minimum Gasteiger partial charge on any atom is -0.486 e. The Morgan fingerprint density at radius 1 is 0.786 bits per heavy atom. The van der Waals surface area contributed by atoms with Crippen LogP contribution in [-0.2, 0) is 16.4 Å². The zero-order chi connectivity index (χ0) is 19.4. The topological polar surface area (TPSA) is 72.0 Å². The molecule has 140 valence electrons. The largest absolute Gasteiger partial charge is 0.486 e. The third-order valence-corrected chi connectivity index (χ3v) is 6.05. The number of aromatic nitrogens is 2. The van der Waals surface area contributed by atoms with E-state index < -0.39 is 9.84 Å². The van der Waals surface area contributed by atoms with E-state index in [0.29, 0.717) is 12.4 Å². The van der Waals surface area contributed by atoms with Crippen LogP contribution in [0.3, 0.4) is 0 Å². The lowest BCUT2D eigenvalue weighted by Crippen LogP contribution is -2.01. The quantitative estimate of drug-likeness (QED) is 0.527. The van der Waals surface area contributed by atoms with Crippen LogP contribution in [0, 0.1) is 0 Å². The van der Waals surface area contributed by atoms with Gasteiger partial charge >= 0.3 is 0 Å². The minimum absolute atomic E-state index is 0.255. The molecule has 4 aromatic rings. The van der Waals surface area contributed by atoms with Gasteiger partial charge in [-0.15, -0.1) is 0 Å². The molecule has 0 saturated heterocycles. The molecule has 6 heteroatoms. The zero-order valence-electron chi connectivity index (χ0n) is 14.9. The average molecular weight is 390 g/mol. The summed E-state index contributed by atoms with van der Waals surface area (Å²) >= 11 is 0. The molecule has 5 nitrogen and oxygen atoms in total. The van der Waals surface area contributed by atoms with E-state index in [1.54, 1.807) is 60.8 Å². The maximum absolute atomic E-state index is 12.7. The van der Waals surface area contributed by atoms with Crippen LogP contribution in [0.4, 0.5) is 0 Å². The lowest BCUT2D eigenvalue weighted by atomic mass is 10.2. The first kappa shape index (κ1) is 18.0. The molecule has 0 aliphatic carbocycles. The Hall–Kier alpha value is -3.38. The molecule has 0 unspecified atom stereocenters. The monoisotopic (exact) mass is 390 g/mol. The Labute approximate surface area is 163 Å². The molecule has 1 N–H and O–H groups in total. The number of nitrogens with zero attached hydrogens (tertiary/aromatic N) is 1. The fourth-order valence-corrected chi connectivity index (χ4v) is 4.07. The Morgan fingerprint density at radius 3 is 2.07 bits per heavy atom. The molecule has 0 aliphatic rings. The Morgan fingerprint density at radius 2 is 1.39 bits per heavy atom. The highest BCUT2D eigenvalue weighted by Crippen LogP contribution is 2.24. The van der Waals surface area contributed by atoms with Crippen molar-refractivity contribution in [1.82, 2.24) is 9.97 Å². The van der Waals surface area contributed by atoms with E-state index >= 15 is 0 Å². The predicted octanol–water partition coefficient (Wildman–Crippen LogP) is 4.49. The van der Waals surface area contributed by atoms with Crippen LogP contribution in [0.5, 0.6) is 5.75 Å². The molecule has 1 heterocycles. The molecule has 0 spiro atoms. The Bertz CT molecular complexity index is 1150. The van der Waals surface area contributed by atoms with E-state index in [1.165, 1.54) is 0 Å². The summed E-state index contributed by atoms with van der Waals surface area (Å²) in [6, 6.07) is 24.6. The number of benzene rings is 3. The van der Waals surface area contributed by atoms with E-state index in [4.69, 9.17) is 4.74 Å². The highest BCUT2D eigenvalue weighted by Gasteiger charge is 2.17. The van der Waals surface area contributed by atoms with Crippen LogP contribution in [0.15, 0.2) is 101 Å². The van der Waals surface area contributed by atoms with Gasteiger partial charge < -0.3 is 9.72 Å². The summed E-state index contributed by atoms with van der Waals surface area (Å²) in [5.41, 5.74) is 1.56. The van der Waals surface area contributed by atoms with Crippen molar-refractivity contribution in [3.8, 4) is 17.0 Å². The lowest BCUT2D eigenvalue weighted by Gasteiger charge is -2.05. The number of nitrogens with one attached hydrogen (secondary N) is 1. The number of para-hydroxylation sites is 1. The Balaban J connectivity index is 1.49. The van der Waals surface area contributed by atoms with Crippen LogP contribution in [-0.4, -0.2) is 18.4 Å². The number of ether oxygens (including phenoxy) is 1. The first-order valence-corrected chi connectivity index (χ1v) is 10.2. The molecular weight excluding hydrogens is 372 g/mol. The van der Waals surface area contributed by atoms with Gasteiger partial charge in [-0.1, -0.05) is 48.5 Å². The summed E-state index contributed by atoms with van der Waals surface area (Å²) in [6.45, 7) is 0.324. The van der Waals surface area contributed by atoms with E-state index in [2.05, 4.69) is 9.97 Å². The predicted molar refractivity (Wildman–Crippen MR) is 107 cm³/mol. The molecule has 3 aromatic carbocycles. The number of hydrogen-bond acceptors (Lipinski definition) is 4. The Kier molecular flexibility index (Phi) is 4.95. The smallest absolute Gasteiger partial charge is 0.206 e. The van der Waals surface area contributed by atoms with Crippen LogP contribution in [0.2, 0.25) is 0 Å². The van der Waals surface area contributed by atoms with Crippen molar-refractivity contribution >= 4 is 9.84 Å². The molecule has 0 fully saturated rings. The third kappa shape index (κ3) is 3.82. The molecule has 0 bridgehead atoms. The molecule has 0 aliphatic heterocycles. The number of hydrogen-bond donors (Lipinski definition) is 1. The summed E-state index contributed by atoms with van der Waals surface area (Å²) in [7, 11) is -3.52. The van der Waals surface area contributed by atoms with Gasteiger partial charge in [0.2, 0.25) is 9.84 Å². The summed E-state index contributed by atoms with van der Waals surface area (Å²) in [5, 5.41) is 0. The van der Waals surface area contributed by atoms with Crippen LogP contribution in [0.1, 0.15) is 5.82 Å². The normalized spacial score (nSPS) is 11.3. The van der Waals surface area contributed by atoms with Crippen molar-refractivity contribution in [3.05, 3.63) is 97.0 Å². The number of aromatic amines is 1. The molecule has 0 atom stereocenters. The van der Waals surface area contributed by atoms with Gasteiger partial charge in [0.1, 0.15) is 18.2 Å². The molecule has 28 heavy (non-hydrogen) atoms. The number of H-pyrrole nitrogens is 1.